The SMILES string of the molecule is CCc1cccc(NC(N)=NC2CC2)c1. The van der Waals surface area contributed by atoms with Gasteiger partial charge in [0.05, 0.1) is 6.04 Å². The van der Waals surface area contributed by atoms with Crippen molar-refractivity contribution in [1.82, 2.24) is 0 Å². The number of nitrogens with two attached hydrogens (primary N) is 1. The van der Waals surface area contributed by atoms with Crippen LogP contribution >= 0.6 is 0 Å². The Hall–Kier alpha value is -1.51. The molecule has 3 heteroatoms. The molecule has 1 aliphatic rings. The number of hydrogen-bond donors (Lipinski definition) is 2. The van der Waals surface area contributed by atoms with Gasteiger partial charge in [-0.05, 0) is 37.0 Å². The lowest BCUT2D eigenvalue weighted by Crippen LogP contribution is -2.23. The molecule has 3 nitrogen and oxygen atoms in total. The maximum Gasteiger partial charge on any atom is 0.193 e. The fourth-order valence-corrected chi connectivity index (χ4v) is 1.45. The van der Waals surface area contributed by atoms with E-state index in [1.54, 1.807) is 0 Å². The zero-order chi connectivity index (χ0) is 10.7. The van der Waals surface area contributed by atoms with E-state index < -0.39 is 0 Å². The molecule has 0 saturated heterocycles. The van der Waals surface area contributed by atoms with E-state index in [1.165, 1.54) is 18.4 Å². The molecule has 0 bridgehead atoms. The first-order valence-electron chi connectivity index (χ1n) is 5.47. The zero-order valence-corrected chi connectivity index (χ0v) is 9.03. The summed E-state index contributed by atoms with van der Waals surface area (Å²) in [5.74, 6) is 0.533. The van der Waals surface area contributed by atoms with Crippen LogP contribution in [0.1, 0.15) is 25.3 Å². The summed E-state index contributed by atoms with van der Waals surface area (Å²) in [6, 6.07) is 8.72. The number of rotatable bonds is 3. The molecule has 3 N–H and O–H groups in total. The van der Waals surface area contributed by atoms with Crippen molar-refractivity contribution in [3.05, 3.63) is 29.8 Å². The molecule has 15 heavy (non-hydrogen) atoms. The number of guanidine groups is 1. The van der Waals surface area contributed by atoms with Gasteiger partial charge >= 0.3 is 0 Å². The van der Waals surface area contributed by atoms with Crippen LogP contribution in [0, 0.1) is 0 Å². The predicted molar refractivity (Wildman–Crippen MR) is 64.1 cm³/mol. The van der Waals surface area contributed by atoms with E-state index in [0.29, 0.717) is 12.0 Å². The molecule has 80 valence electrons. The highest BCUT2D eigenvalue weighted by atomic mass is 15.1. The van der Waals surface area contributed by atoms with Gasteiger partial charge in [0.1, 0.15) is 0 Å². The molecule has 1 aromatic rings. The molecule has 0 radical (unpaired) electrons. The largest absolute Gasteiger partial charge is 0.370 e. The Labute approximate surface area is 90.4 Å². The number of aliphatic imine (C=N–C) groups is 1. The minimum Gasteiger partial charge on any atom is -0.370 e. The average Bonchev–Trinajstić information content (AvgIpc) is 3.02. The molecule has 1 fully saturated rings. The van der Waals surface area contributed by atoms with Crippen molar-refractivity contribution < 1.29 is 0 Å². The maximum atomic E-state index is 5.78. The predicted octanol–water partition coefficient (Wildman–Crippen LogP) is 2.14. The Bertz CT molecular complexity index is 367. The normalized spacial score (nSPS) is 16.5. The highest BCUT2D eigenvalue weighted by molar-refractivity contribution is 5.92. The summed E-state index contributed by atoms with van der Waals surface area (Å²) in [4.78, 5) is 4.32. The molecule has 0 amide bonds. The lowest BCUT2D eigenvalue weighted by atomic mass is 10.1. The van der Waals surface area contributed by atoms with E-state index in [-0.39, 0.29) is 0 Å². The third kappa shape index (κ3) is 2.98. The van der Waals surface area contributed by atoms with Gasteiger partial charge in [-0.15, -0.1) is 0 Å². The monoisotopic (exact) mass is 203 g/mol. The molecule has 1 saturated carbocycles. The standard InChI is InChI=1S/C12H17N3/c1-2-9-4-3-5-11(8-9)15-12(13)14-10-6-7-10/h3-5,8,10H,2,6-7H2,1H3,(H3,13,14,15). The van der Waals surface area contributed by atoms with Gasteiger partial charge < -0.3 is 11.1 Å². The van der Waals surface area contributed by atoms with Crippen molar-refractivity contribution >= 4 is 11.6 Å². The Morgan fingerprint density at radius 1 is 1.53 bits per heavy atom. The molecule has 0 aliphatic heterocycles. The van der Waals surface area contributed by atoms with Gasteiger partial charge in [0.15, 0.2) is 5.96 Å². The highest BCUT2D eigenvalue weighted by Crippen LogP contribution is 2.23. The summed E-state index contributed by atoms with van der Waals surface area (Å²) < 4.78 is 0. The Morgan fingerprint density at radius 2 is 2.33 bits per heavy atom. The van der Waals surface area contributed by atoms with Crippen LogP contribution < -0.4 is 11.1 Å². The molecule has 1 aromatic carbocycles. The molecule has 0 atom stereocenters. The van der Waals surface area contributed by atoms with Gasteiger partial charge in [-0.2, -0.15) is 0 Å². The van der Waals surface area contributed by atoms with Crippen LogP contribution in [-0.4, -0.2) is 12.0 Å². The van der Waals surface area contributed by atoms with Crippen LogP contribution in [-0.2, 0) is 6.42 Å². The second-order valence-electron chi connectivity index (χ2n) is 3.92. The number of benzene rings is 1. The van der Waals surface area contributed by atoms with Crippen LogP contribution in [0.3, 0.4) is 0 Å². The summed E-state index contributed by atoms with van der Waals surface area (Å²) in [7, 11) is 0. The number of aryl methyl sites for hydroxylation is 1. The number of nitrogens with zero attached hydrogens (tertiary/aromatic N) is 1. The van der Waals surface area contributed by atoms with Crippen molar-refractivity contribution in [2.24, 2.45) is 10.7 Å². The molecular weight excluding hydrogens is 186 g/mol. The summed E-state index contributed by atoms with van der Waals surface area (Å²) in [5.41, 5.74) is 8.11. The van der Waals surface area contributed by atoms with Gasteiger partial charge in [0.2, 0.25) is 0 Å². The van der Waals surface area contributed by atoms with Crippen molar-refractivity contribution in [2.75, 3.05) is 5.32 Å². The fraction of sp³-hybridized carbons (Fsp3) is 0.417. The fourth-order valence-electron chi connectivity index (χ4n) is 1.45. The van der Waals surface area contributed by atoms with E-state index in [2.05, 4.69) is 29.4 Å². The van der Waals surface area contributed by atoms with Gasteiger partial charge in [-0.3, -0.25) is 0 Å². The first-order chi connectivity index (χ1) is 7.28. The van der Waals surface area contributed by atoms with E-state index in [1.807, 2.05) is 12.1 Å². The van der Waals surface area contributed by atoms with E-state index >= 15 is 0 Å². The average molecular weight is 203 g/mol. The van der Waals surface area contributed by atoms with Crippen LogP contribution in [0.25, 0.3) is 0 Å². The third-order valence-corrected chi connectivity index (χ3v) is 2.48. The zero-order valence-electron chi connectivity index (χ0n) is 9.03. The quantitative estimate of drug-likeness (QED) is 0.584. The van der Waals surface area contributed by atoms with Crippen molar-refractivity contribution in [3.8, 4) is 0 Å². The topological polar surface area (TPSA) is 50.4 Å². The number of nitrogens with one attached hydrogen (secondary N) is 1. The van der Waals surface area contributed by atoms with E-state index in [0.717, 1.165) is 12.1 Å². The molecule has 2 rings (SSSR count). The van der Waals surface area contributed by atoms with Gasteiger partial charge in [-0.25, -0.2) is 4.99 Å². The summed E-state index contributed by atoms with van der Waals surface area (Å²) in [5, 5.41) is 3.12. The van der Waals surface area contributed by atoms with Gasteiger partial charge in [0, 0.05) is 5.69 Å². The van der Waals surface area contributed by atoms with Gasteiger partial charge in [-0.1, -0.05) is 19.1 Å². The summed E-state index contributed by atoms with van der Waals surface area (Å²) in [6.45, 7) is 2.14. The molecule has 0 unspecified atom stereocenters. The van der Waals surface area contributed by atoms with Crippen LogP contribution in [0.2, 0.25) is 0 Å². The van der Waals surface area contributed by atoms with Crippen LogP contribution in [0.4, 0.5) is 5.69 Å². The van der Waals surface area contributed by atoms with Crippen molar-refractivity contribution in [1.29, 1.82) is 0 Å². The minimum atomic E-state index is 0.465. The molecular formula is C12H17N3. The third-order valence-electron chi connectivity index (χ3n) is 2.48. The van der Waals surface area contributed by atoms with Crippen molar-refractivity contribution in [2.45, 2.75) is 32.2 Å². The Balaban J connectivity index is 2.02. The smallest absolute Gasteiger partial charge is 0.193 e. The molecule has 1 aliphatic carbocycles. The summed E-state index contributed by atoms with van der Waals surface area (Å²) in [6.07, 6.45) is 3.39. The van der Waals surface area contributed by atoms with E-state index in [9.17, 15) is 0 Å². The highest BCUT2D eigenvalue weighted by Gasteiger charge is 2.20. The van der Waals surface area contributed by atoms with Crippen LogP contribution in [0.15, 0.2) is 29.3 Å². The summed E-state index contributed by atoms with van der Waals surface area (Å²) >= 11 is 0. The number of anilines is 1. The first-order valence-corrected chi connectivity index (χ1v) is 5.47. The molecule has 0 aromatic heterocycles. The first kappa shape index (κ1) is 10.0. The second kappa shape index (κ2) is 4.34. The molecule has 0 spiro atoms. The molecule has 0 heterocycles. The minimum absolute atomic E-state index is 0.465. The lowest BCUT2D eigenvalue weighted by Gasteiger charge is -2.06. The Kier molecular flexibility index (Phi) is 2.90. The van der Waals surface area contributed by atoms with Gasteiger partial charge in [0.25, 0.3) is 0 Å². The lowest BCUT2D eigenvalue weighted by molar-refractivity contribution is 1.06. The van der Waals surface area contributed by atoms with Crippen LogP contribution in [0.5, 0.6) is 0 Å². The van der Waals surface area contributed by atoms with Crippen molar-refractivity contribution in [3.63, 3.8) is 0 Å². The van der Waals surface area contributed by atoms with E-state index in [4.69, 9.17) is 5.73 Å². The maximum absolute atomic E-state index is 5.78. The second-order valence-corrected chi connectivity index (χ2v) is 3.92. The number of hydrogen-bond acceptors (Lipinski definition) is 1. The Morgan fingerprint density at radius 3 is 3.00 bits per heavy atom.